The van der Waals surface area contributed by atoms with Crippen molar-refractivity contribution < 1.29 is 23.9 Å². The number of esters is 1. The maximum absolute atomic E-state index is 12.4. The molecule has 0 spiro atoms. The summed E-state index contributed by atoms with van der Waals surface area (Å²) in [6.45, 7) is 4.32. The van der Waals surface area contributed by atoms with E-state index in [2.05, 4.69) is 22.8 Å². The summed E-state index contributed by atoms with van der Waals surface area (Å²) in [6, 6.07) is 13.7. The average molecular weight is 552 g/mol. The van der Waals surface area contributed by atoms with Crippen LogP contribution >= 0.6 is 0 Å². The molecule has 0 aliphatic heterocycles. The van der Waals surface area contributed by atoms with Gasteiger partial charge in [-0.2, -0.15) is 5.10 Å². The summed E-state index contributed by atoms with van der Waals surface area (Å²) in [5, 5.41) is 6.59. The van der Waals surface area contributed by atoms with Gasteiger partial charge in [0.2, 0.25) is 5.91 Å². The summed E-state index contributed by atoms with van der Waals surface area (Å²) in [6.07, 6.45) is 15.4. The Hall–Kier alpha value is -3.68. The lowest BCUT2D eigenvalue weighted by molar-refractivity contribution is -0.126. The Balaban J connectivity index is 1.64. The molecule has 2 rings (SSSR count). The molecule has 0 saturated carbocycles. The van der Waals surface area contributed by atoms with Crippen molar-refractivity contribution >= 4 is 24.0 Å². The molecule has 40 heavy (non-hydrogen) atoms. The second kappa shape index (κ2) is 20.3. The van der Waals surface area contributed by atoms with E-state index >= 15 is 0 Å². The van der Waals surface area contributed by atoms with Crippen molar-refractivity contribution in [3.8, 4) is 11.5 Å². The predicted molar refractivity (Wildman–Crippen MR) is 159 cm³/mol. The van der Waals surface area contributed by atoms with Crippen LogP contribution in [0.4, 0.5) is 0 Å². The van der Waals surface area contributed by atoms with Crippen LogP contribution < -0.4 is 20.2 Å². The normalized spacial score (nSPS) is 10.8. The van der Waals surface area contributed by atoms with Crippen LogP contribution in [-0.2, 0) is 9.59 Å². The number of carbonyl (C=O) groups is 3. The summed E-state index contributed by atoms with van der Waals surface area (Å²) in [4.78, 5) is 36.5. The number of amides is 2. The van der Waals surface area contributed by atoms with E-state index in [-0.39, 0.29) is 18.2 Å². The van der Waals surface area contributed by atoms with Crippen molar-refractivity contribution in [2.45, 2.75) is 90.9 Å². The molecule has 0 unspecified atom stereocenters. The molecule has 2 amide bonds. The van der Waals surface area contributed by atoms with Crippen molar-refractivity contribution in [1.29, 1.82) is 0 Å². The Morgan fingerprint density at radius 3 is 2.08 bits per heavy atom. The van der Waals surface area contributed by atoms with Crippen LogP contribution in [0, 0.1) is 0 Å². The van der Waals surface area contributed by atoms with E-state index in [1.807, 2.05) is 13.0 Å². The van der Waals surface area contributed by atoms with Gasteiger partial charge in [0.15, 0.2) is 11.5 Å². The first-order valence-corrected chi connectivity index (χ1v) is 14.7. The van der Waals surface area contributed by atoms with Crippen LogP contribution in [0.5, 0.6) is 11.5 Å². The molecule has 2 aromatic carbocycles. The molecule has 0 radical (unpaired) electrons. The van der Waals surface area contributed by atoms with Gasteiger partial charge in [0.1, 0.15) is 0 Å². The maximum atomic E-state index is 12.4. The summed E-state index contributed by atoms with van der Waals surface area (Å²) in [7, 11) is 0. The number of rotatable bonds is 20. The largest absolute Gasteiger partial charge is 0.490 e. The minimum atomic E-state index is -0.485. The molecule has 8 nitrogen and oxygen atoms in total. The molecule has 2 N–H and O–H groups in total. The zero-order valence-electron chi connectivity index (χ0n) is 24.1. The second-order valence-corrected chi connectivity index (χ2v) is 9.75. The molecule has 0 aliphatic carbocycles. The zero-order valence-corrected chi connectivity index (χ0v) is 24.1. The molecule has 2 aromatic rings. The first kappa shape index (κ1) is 32.5. The highest BCUT2D eigenvalue weighted by Crippen LogP contribution is 2.29. The van der Waals surface area contributed by atoms with Gasteiger partial charge in [-0.15, -0.1) is 0 Å². The summed E-state index contributed by atoms with van der Waals surface area (Å²) >= 11 is 0. The molecule has 0 aliphatic rings. The topological polar surface area (TPSA) is 106 Å². The number of hydrogen-bond donors (Lipinski definition) is 2. The number of unbranched alkanes of at least 4 members (excludes halogenated alkanes) is 10. The van der Waals surface area contributed by atoms with E-state index in [9.17, 15) is 14.4 Å². The van der Waals surface area contributed by atoms with Crippen LogP contribution in [0.3, 0.4) is 0 Å². The zero-order chi connectivity index (χ0) is 28.8. The second-order valence-electron chi connectivity index (χ2n) is 9.75. The van der Waals surface area contributed by atoms with Crippen LogP contribution in [-0.4, -0.2) is 37.1 Å². The van der Waals surface area contributed by atoms with Gasteiger partial charge in [0.25, 0.3) is 5.91 Å². The molecular weight excluding hydrogens is 506 g/mol. The lowest BCUT2D eigenvalue weighted by Gasteiger charge is -2.11. The molecule has 8 heteroatoms. The molecule has 0 heterocycles. The fourth-order valence-corrected chi connectivity index (χ4v) is 4.13. The fraction of sp³-hybridized carbons (Fsp3) is 0.500. The number of nitrogens with zero attached hydrogens (tertiary/aromatic N) is 1. The number of carbonyl (C=O) groups excluding carboxylic acids is 3. The Morgan fingerprint density at radius 1 is 0.775 bits per heavy atom. The van der Waals surface area contributed by atoms with Crippen LogP contribution in [0.25, 0.3) is 0 Å². The van der Waals surface area contributed by atoms with Crippen LogP contribution in [0.2, 0.25) is 0 Å². The smallest absolute Gasteiger partial charge is 0.343 e. The Morgan fingerprint density at radius 2 is 1.43 bits per heavy atom. The van der Waals surface area contributed by atoms with Gasteiger partial charge >= 0.3 is 5.97 Å². The third kappa shape index (κ3) is 13.9. The van der Waals surface area contributed by atoms with E-state index in [4.69, 9.17) is 9.47 Å². The molecule has 0 fully saturated rings. The molecule has 0 aromatic heterocycles. The highest BCUT2D eigenvalue weighted by molar-refractivity contribution is 5.91. The first-order chi connectivity index (χ1) is 19.5. The number of hydrogen-bond acceptors (Lipinski definition) is 6. The van der Waals surface area contributed by atoms with E-state index in [1.165, 1.54) is 57.6 Å². The van der Waals surface area contributed by atoms with Gasteiger partial charge in [-0.1, -0.05) is 89.3 Å². The SMILES string of the molecule is CCCCCCCCCCCCCC(=O)NCC(=O)N/N=C/c1ccc(OC(=O)c2ccccc2)c(OCC)c1. The van der Waals surface area contributed by atoms with Gasteiger partial charge in [0.05, 0.1) is 24.9 Å². The number of hydrazone groups is 1. The van der Waals surface area contributed by atoms with Crippen LogP contribution in [0.1, 0.15) is 107 Å². The Kier molecular flexibility index (Phi) is 16.5. The standard InChI is InChI=1S/C32H45N3O5/c1-3-5-6-7-8-9-10-11-12-13-17-20-30(36)33-25-31(37)35-34-24-26-21-22-28(29(23-26)39-4-2)40-32(38)27-18-15-14-16-19-27/h14-16,18-19,21-24H,3-13,17,20,25H2,1-2H3,(H,33,36)(H,35,37)/b34-24+. The third-order valence-electron chi connectivity index (χ3n) is 6.34. The van der Waals surface area contributed by atoms with Crippen molar-refractivity contribution in [2.75, 3.05) is 13.2 Å². The van der Waals surface area contributed by atoms with E-state index in [1.54, 1.807) is 42.5 Å². The Labute approximate surface area is 238 Å². The molecule has 0 bridgehead atoms. The van der Waals surface area contributed by atoms with Gasteiger partial charge in [-0.25, -0.2) is 10.2 Å². The Bertz CT molecular complexity index is 1060. The lowest BCUT2D eigenvalue weighted by atomic mass is 10.1. The minimum absolute atomic E-state index is 0.128. The number of benzene rings is 2. The molecule has 218 valence electrons. The van der Waals surface area contributed by atoms with Gasteiger partial charge in [-0.05, 0) is 49.2 Å². The third-order valence-corrected chi connectivity index (χ3v) is 6.34. The predicted octanol–water partition coefficient (Wildman–Crippen LogP) is 6.57. The van der Waals surface area contributed by atoms with Crippen LogP contribution in [0.15, 0.2) is 53.6 Å². The molecule has 0 atom stereocenters. The van der Waals surface area contributed by atoms with E-state index < -0.39 is 11.9 Å². The van der Waals surface area contributed by atoms with Gasteiger partial charge in [0, 0.05) is 6.42 Å². The fourth-order valence-electron chi connectivity index (χ4n) is 4.13. The minimum Gasteiger partial charge on any atom is -0.490 e. The van der Waals surface area contributed by atoms with E-state index in [0.29, 0.717) is 29.9 Å². The van der Waals surface area contributed by atoms with Crippen molar-refractivity contribution in [3.63, 3.8) is 0 Å². The van der Waals surface area contributed by atoms with Crippen molar-refractivity contribution in [3.05, 3.63) is 59.7 Å². The van der Waals surface area contributed by atoms with Crippen molar-refractivity contribution in [1.82, 2.24) is 10.7 Å². The molecular formula is C32H45N3O5. The first-order valence-electron chi connectivity index (χ1n) is 14.7. The average Bonchev–Trinajstić information content (AvgIpc) is 2.96. The van der Waals surface area contributed by atoms with E-state index in [0.717, 1.165) is 19.3 Å². The number of nitrogens with one attached hydrogen (secondary N) is 2. The van der Waals surface area contributed by atoms with Crippen molar-refractivity contribution in [2.24, 2.45) is 5.10 Å². The quantitative estimate of drug-likeness (QED) is 0.0636. The highest BCUT2D eigenvalue weighted by atomic mass is 16.6. The summed E-state index contributed by atoms with van der Waals surface area (Å²) in [5.74, 6) is -0.353. The summed E-state index contributed by atoms with van der Waals surface area (Å²) < 4.78 is 11.1. The molecule has 0 saturated heterocycles. The van der Waals surface area contributed by atoms with Gasteiger partial charge < -0.3 is 14.8 Å². The summed E-state index contributed by atoms with van der Waals surface area (Å²) in [5.41, 5.74) is 3.48. The van der Waals surface area contributed by atoms with Gasteiger partial charge in [-0.3, -0.25) is 9.59 Å². The monoisotopic (exact) mass is 551 g/mol. The lowest BCUT2D eigenvalue weighted by Crippen LogP contribution is -2.34. The number of ether oxygens (including phenoxy) is 2. The highest BCUT2D eigenvalue weighted by Gasteiger charge is 2.13. The maximum Gasteiger partial charge on any atom is 0.343 e.